The Bertz CT molecular complexity index is 1120. The number of methoxy groups -OCH3 is 1. The fraction of sp³-hybridized carbons (Fsp3) is 0.481. The van der Waals surface area contributed by atoms with Crippen molar-refractivity contribution >= 4 is 21.9 Å². The second-order valence-corrected chi connectivity index (χ2v) is 10.7. The molecule has 0 aliphatic carbocycles. The number of hydrogen-bond acceptors (Lipinski definition) is 7. The van der Waals surface area contributed by atoms with Crippen molar-refractivity contribution in [2.24, 2.45) is 5.73 Å². The lowest BCUT2D eigenvalue weighted by Crippen LogP contribution is -2.42. The first-order valence-corrected chi connectivity index (χ1v) is 14.2. The first kappa shape index (κ1) is 32.7. The van der Waals surface area contributed by atoms with Crippen LogP contribution in [0.1, 0.15) is 62.9 Å². The van der Waals surface area contributed by atoms with Crippen molar-refractivity contribution in [2.75, 3.05) is 26.6 Å². The van der Waals surface area contributed by atoms with Gasteiger partial charge in [-0.15, -0.1) is 0 Å². The molecule has 0 aliphatic rings. The van der Waals surface area contributed by atoms with Gasteiger partial charge in [0.15, 0.2) is 11.5 Å². The van der Waals surface area contributed by atoms with Crippen molar-refractivity contribution in [1.29, 1.82) is 5.41 Å². The van der Waals surface area contributed by atoms with Gasteiger partial charge < -0.3 is 24.8 Å². The van der Waals surface area contributed by atoms with Gasteiger partial charge in [-0.05, 0) is 89.4 Å². The zero-order chi connectivity index (χ0) is 28.9. The molecule has 0 saturated heterocycles. The van der Waals surface area contributed by atoms with E-state index in [1.54, 1.807) is 37.4 Å². The third kappa shape index (κ3) is 12.3. The Kier molecular flexibility index (Phi) is 13.6. The molecular formula is C27H41N3O7S. The third-order valence-electron chi connectivity index (χ3n) is 5.24. The molecule has 0 spiro atoms. The average molecular weight is 552 g/mol. The van der Waals surface area contributed by atoms with Crippen molar-refractivity contribution in [3.05, 3.63) is 53.6 Å². The van der Waals surface area contributed by atoms with Crippen LogP contribution in [0.5, 0.6) is 17.2 Å². The van der Waals surface area contributed by atoms with E-state index in [4.69, 9.17) is 29.9 Å². The Morgan fingerprint density at radius 1 is 0.921 bits per heavy atom. The molecule has 2 rings (SSSR count). The number of nitrogens with one attached hydrogen (secondary N) is 1. The molecule has 0 saturated carbocycles. The SMILES string of the molecule is COc1cc(C(=O)N(C(C)C)C(C)C)ccc1OCCCCCOc1ccc(C(=N)N)cc1.CS(=O)(=O)O. The Balaban J connectivity index is 0.00000132. The maximum atomic E-state index is 12.9. The molecule has 0 bridgehead atoms. The lowest BCUT2D eigenvalue weighted by molar-refractivity contribution is 0.0643. The summed E-state index contributed by atoms with van der Waals surface area (Å²) in [5.41, 5.74) is 6.73. The summed E-state index contributed by atoms with van der Waals surface area (Å²) in [5.74, 6) is 2.00. The van der Waals surface area contributed by atoms with Gasteiger partial charge in [0.2, 0.25) is 0 Å². The quantitative estimate of drug-likeness (QED) is 0.144. The highest BCUT2D eigenvalue weighted by Crippen LogP contribution is 2.29. The molecular weight excluding hydrogens is 510 g/mol. The second kappa shape index (κ2) is 15.8. The monoisotopic (exact) mass is 551 g/mol. The van der Waals surface area contributed by atoms with Crippen molar-refractivity contribution in [2.45, 2.75) is 59.0 Å². The third-order valence-corrected chi connectivity index (χ3v) is 5.24. The van der Waals surface area contributed by atoms with Crippen LogP contribution in [-0.4, -0.2) is 68.3 Å². The van der Waals surface area contributed by atoms with Gasteiger partial charge in [-0.2, -0.15) is 8.42 Å². The highest BCUT2D eigenvalue weighted by Gasteiger charge is 2.22. The number of amidine groups is 1. The van der Waals surface area contributed by atoms with Crippen LogP contribution in [0.25, 0.3) is 0 Å². The van der Waals surface area contributed by atoms with E-state index in [2.05, 4.69) is 0 Å². The molecule has 2 aromatic carbocycles. The number of nitrogens with zero attached hydrogens (tertiary/aromatic N) is 1. The molecule has 0 unspecified atom stereocenters. The maximum absolute atomic E-state index is 12.9. The topological polar surface area (TPSA) is 152 Å². The summed E-state index contributed by atoms with van der Waals surface area (Å²) >= 11 is 0. The number of carbonyl (C=O) groups is 1. The number of rotatable bonds is 13. The lowest BCUT2D eigenvalue weighted by Gasteiger charge is -2.31. The summed E-state index contributed by atoms with van der Waals surface area (Å²) in [6, 6.07) is 12.8. The highest BCUT2D eigenvalue weighted by atomic mass is 32.2. The van der Waals surface area contributed by atoms with Crippen molar-refractivity contribution in [3.8, 4) is 17.2 Å². The molecule has 0 aromatic heterocycles. The Morgan fingerprint density at radius 2 is 1.42 bits per heavy atom. The molecule has 0 fully saturated rings. The summed E-state index contributed by atoms with van der Waals surface area (Å²) < 4.78 is 43.0. The van der Waals surface area contributed by atoms with Crippen LogP contribution < -0.4 is 19.9 Å². The minimum atomic E-state index is -3.67. The number of ether oxygens (including phenoxy) is 3. The summed E-state index contributed by atoms with van der Waals surface area (Å²) in [6.45, 7) is 9.23. The van der Waals surface area contributed by atoms with E-state index in [0.29, 0.717) is 42.1 Å². The predicted molar refractivity (Wildman–Crippen MR) is 149 cm³/mol. The summed E-state index contributed by atoms with van der Waals surface area (Å²) in [4.78, 5) is 14.8. The smallest absolute Gasteiger partial charge is 0.261 e. The first-order valence-electron chi connectivity index (χ1n) is 12.4. The number of nitrogens with two attached hydrogens (primary N) is 1. The van der Waals surface area contributed by atoms with E-state index >= 15 is 0 Å². The van der Waals surface area contributed by atoms with E-state index in [0.717, 1.165) is 25.0 Å². The van der Waals surface area contributed by atoms with Crippen molar-refractivity contribution < 1.29 is 32.0 Å². The number of amides is 1. The predicted octanol–water partition coefficient (Wildman–Crippen LogP) is 4.37. The number of hydrogen-bond donors (Lipinski definition) is 3. The van der Waals surface area contributed by atoms with Crippen LogP contribution in [0.2, 0.25) is 0 Å². The number of unbranched alkanes of at least 4 members (excludes halogenated alkanes) is 2. The van der Waals surface area contributed by atoms with E-state index < -0.39 is 10.1 Å². The standard InChI is InChI=1S/C26H37N3O4.CH4O3S/c1-18(2)29(19(3)4)26(30)21-11-14-23(24(17-21)31-5)33-16-8-6-7-15-32-22-12-9-20(10-13-22)25(27)28;1-5(2,3)4/h9-14,17-19H,6-8,15-16H2,1-5H3,(H3,27,28);1H3,(H,2,3,4). The molecule has 0 aliphatic heterocycles. The van der Waals surface area contributed by atoms with Gasteiger partial charge in [-0.3, -0.25) is 14.8 Å². The Labute approximate surface area is 226 Å². The summed E-state index contributed by atoms with van der Waals surface area (Å²) in [5, 5.41) is 7.40. The van der Waals surface area contributed by atoms with Gasteiger partial charge in [-0.1, -0.05) is 0 Å². The molecule has 4 N–H and O–H groups in total. The van der Waals surface area contributed by atoms with Crippen LogP contribution in [0.3, 0.4) is 0 Å². The number of nitrogen functional groups attached to an aromatic ring is 1. The molecule has 38 heavy (non-hydrogen) atoms. The molecule has 10 nitrogen and oxygen atoms in total. The Morgan fingerprint density at radius 3 is 1.89 bits per heavy atom. The molecule has 0 radical (unpaired) electrons. The van der Waals surface area contributed by atoms with Gasteiger partial charge in [0.25, 0.3) is 16.0 Å². The van der Waals surface area contributed by atoms with Gasteiger partial charge in [0.05, 0.1) is 26.6 Å². The fourth-order valence-corrected chi connectivity index (χ4v) is 3.62. The highest BCUT2D eigenvalue weighted by molar-refractivity contribution is 7.85. The molecule has 11 heteroatoms. The Hall–Kier alpha value is -3.31. The van der Waals surface area contributed by atoms with Crippen LogP contribution in [0.15, 0.2) is 42.5 Å². The van der Waals surface area contributed by atoms with E-state index in [1.807, 2.05) is 44.7 Å². The van der Waals surface area contributed by atoms with E-state index in [-0.39, 0.29) is 23.8 Å². The van der Waals surface area contributed by atoms with E-state index in [1.165, 1.54) is 0 Å². The van der Waals surface area contributed by atoms with Crippen LogP contribution in [0.4, 0.5) is 0 Å². The molecule has 1 amide bonds. The summed E-state index contributed by atoms with van der Waals surface area (Å²) in [7, 11) is -2.08. The van der Waals surface area contributed by atoms with Crippen molar-refractivity contribution in [1.82, 2.24) is 4.90 Å². The fourth-order valence-electron chi connectivity index (χ4n) is 3.62. The lowest BCUT2D eigenvalue weighted by atomic mass is 10.1. The first-order chi connectivity index (χ1) is 17.7. The minimum absolute atomic E-state index is 0.0132. The second-order valence-electron chi connectivity index (χ2n) is 9.19. The molecule has 0 atom stereocenters. The van der Waals surface area contributed by atoms with Crippen LogP contribution in [-0.2, 0) is 10.1 Å². The van der Waals surface area contributed by atoms with Crippen LogP contribution >= 0.6 is 0 Å². The zero-order valence-corrected chi connectivity index (χ0v) is 23.9. The maximum Gasteiger partial charge on any atom is 0.261 e. The van der Waals surface area contributed by atoms with Gasteiger partial charge in [0, 0.05) is 23.2 Å². The number of benzene rings is 2. The molecule has 2 aromatic rings. The molecule has 0 heterocycles. The average Bonchev–Trinajstić information content (AvgIpc) is 2.82. The normalized spacial score (nSPS) is 11.0. The van der Waals surface area contributed by atoms with Gasteiger partial charge >= 0.3 is 0 Å². The van der Waals surface area contributed by atoms with Crippen molar-refractivity contribution in [3.63, 3.8) is 0 Å². The van der Waals surface area contributed by atoms with Gasteiger partial charge in [0.1, 0.15) is 11.6 Å². The van der Waals surface area contributed by atoms with E-state index in [9.17, 15) is 13.2 Å². The summed E-state index contributed by atoms with van der Waals surface area (Å²) in [6.07, 6.45) is 3.46. The van der Waals surface area contributed by atoms with Crippen LogP contribution in [0, 0.1) is 5.41 Å². The van der Waals surface area contributed by atoms with Gasteiger partial charge in [-0.25, -0.2) is 0 Å². The number of carbonyl (C=O) groups excluding carboxylic acids is 1. The zero-order valence-electron chi connectivity index (χ0n) is 23.1. The minimum Gasteiger partial charge on any atom is -0.494 e. The molecule has 212 valence electrons. The largest absolute Gasteiger partial charge is 0.494 e.